The van der Waals surface area contributed by atoms with Gasteiger partial charge in [0.15, 0.2) is 0 Å². The summed E-state index contributed by atoms with van der Waals surface area (Å²) >= 11 is 1.58. The van der Waals surface area contributed by atoms with Crippen molar-refractivity contribution in [3.05, 3.63) is 53.5 Å². The van der Waals surface area contributed by atoms with Gasteiger partial charge >= 0.3 is 0 Å². The van der Waals surface area contributed by atoms with Gasteiger partial charge in [0.1, 0.15) is 16.4 Å². The Kier molecular flexibility index (Phi) is 2.78. The van der Waals surface area contributed by atoms with E-state index in [0.29, 0.717) is 5.69 Å². The van der Waals surface area contributed by atoms with Crippen molar-refractivity contribution >= 4 is 33.5 Å². The third-order valence-corrected chi connectivity index (χ3v) is 3.48. The highest BCUT2D eigenvalue weighted by atomic mass is 32.1. The van der Waals surface area contributed by atoms with Crippen molar-refractivity contribution in [1.82, 2.24) is 4.98 Å². The zero-order valence-electron chi connectivity index (χ0n) is 9.45. The normalized spacial score (nSPS) is 11.3. The van der Waals surface area contributed by atoms with E-state index in [9.17, 15) is 5.11 Å². The van der Waals surface area contributed by atoms with Gasteiger partial charge in [0.05, 0.1) is 16.4 Å². The number of aromatic hydroxyl groups is 1. The summed E-state index contributed by atoms with van der Waals surface area (Å²) in [5.74, 6) is 0.176. The van der Waals surface area contributed by atoms with E-state index in [2.05, 4.69) is 9.98 Å². The van der Waals surface area contributed by atoms with Crippen molar-refractivity contribution in [2.75, 3.05) is 0 Å². The first-order valence-corrected chi connectivity index (χ1v) is 6.32. The number of aromatic nitrogens is 1. The summed E-state index contributed by atoms with van der Waals surface area (Å²) in [6.07, 6.45) is 1.68. The standard InChI is InChI=1S/C14H10N2OS/c17-12-7-3-1-5-10(12)15-9-14-16-11-6-2-4-8-13(11)18-14/h1-9,17H. The smallest absolute Gasteiger partial charge is 0.141 e. The lowest BCUT2D eigenvalue weighted by Gasteiger charge is -1.95. The summed E-state index contributed by atoms with van der Waals surface area (Å²) in [4.78, 5) is 8.69. The molecule has 2 aromatic carbocycles. The fourth-order valence-electron chi connectivity index (χ4n) is 1.64. The van der Waals surface area contributed by atoms with E-state index in [1.807, 2.05) is 30.3 Å². The maximum atomic E-state index is 9.60. The molecule has 0 amide bonds. The van der Waals surface area contributed by atoms with Crippen LogP contribution in [0.4, 0.5) is 5.69 Å². The van der Waals surface area contributed by atoms with Crippen molar-refractivity contribution in [1.29, 1.82) is 0 Å². The minimum Gasteiger partial charge on any atom is -0.506 e. The van der Waals surface area contributed by atoms with Crippen LogP contribution in [0.3, 0.4) is 0 Å². The number of fused-ring (bicyclic) bond motifs is 1. The second-order valence-corrected chi connectivity index (χ2v) is 4.83. The Hall–Kier alpha value is -2.20. The highest BCUT2D eigenvalue weighted by Crippen LogP contribution is 2.26. The van der Waals surface area contributed by atoms with E-state index in [0.717, 1.165) is 15.2 Å². The number of phenols is 1. The fourth-order valence-corrected chi connectivity index (χ4v) is 2.48. The molecule has 0 aliphatic heterocycles. The summed E-state index contributed by atoms with van der Waals surface area (Å²) in [6.45, 7) is 0. The topological polar surface area (TPSA) is 45.5 Å². The minimum absolute atomic E-state index is 0.176. The number of nitrogens with zero attached hydrogens (tertiary/aromatic N) is 2. The summed E-state index contributed by atoms with van der Waals surface area (Å²) in [5.41, 5.74) is 1.53. The Morgan fingerprint density at radius 1 is 1.06 bits per heavy atom. The molecule has 0 radical (unpaired) electrons. The van der Waals surface area contributed by atoms with Crippen LogP contribution in [0.15, 0.2) is 53.5 Å². The first-order chi connectivity index (χ1) is 8.83. The molecular weight excluding hydrogens is 244 g/mol. The number of para-hydroxylation sites is 3. The average molecular weight is 254 g/mol. The first kappa shape index (κ1) is 10.9. The highest BCUT2D eigenvalue weighted by Gasteiger charge is 2.01. The Bertz CT molecular complexity index is 685. The summed E-state index contributed by atoms with van der Waals surface area (Å²) in [6, 6.07) is 14.9. The van der Waals surface area contributed by atoms with Crippen LogP contribution in [0.25, 0.3) is 10.2 Å². The lowest BCUT2D eigenvalue weighted by atomic mass is 10.3. The molecule has 0 unspecified atom stereocenters. The molecule has 0 fully saturated rings. The summed E-state index contributed by atoms with van der Waals surface area (Å²) in [5, 5.41) is 10.4. The van der Waals surface area contributed by atoms with E-state index in [4.69, 9.17) is 0 Å². The van der Waals surface area contributed by atoms with Gasteiger partial charge < -0.3 is 5.11 Å². The van der Waals surface area contributed by atoms with Gasteiger partial charge in [0.25, 0.3) is 0 Å². The predicted molar refractivity (Wildman–Crippen MR) is 75.0 cm³/mol. The second kappa shape index (κ2) is 4.58. The molecule has 0 saturated carbocycles. The van der Waals surface area contributed by atoms with Gasteiger partial charge in [-0.2, -0.15) is 0 Å². The van der Waals surface area contributed by atoms with E-state index in [-0.39, 0.29) is 5.75 Å². The molecule has 0 atom stereocenters. The molecular formula is C14H10N2OS. The molecule has 0 aliphatic carbocycles. The second-order valence-electron chi connectivity index (χ2n) is 3.77. The number of hydrogen-bond acceptors (Lipinski definition) is 4. The Labute approximate surface area is 108 Å². The maximum absolute atomic E-state index is 9.60. The molecule has 0 aliphatic rings. The first-order valence-electron chi connectivity index (χ1n) is 5.50. The fraction of sp³-hybridized carbons (Fsp3) is 0. The van der Waals surface area contributed by atoms with Crippen LogP contribution in [-0.4, -0.2) is 16.3 Å². The molecule has 1 heterocycles. The third-order valence-electron chi connectivity index (χ3n) is 2.51. The lowest BCUT2D eigenvalue weighted by molar-refractivity contribution is 0.477. The Morgan fingerprint density at radius 3 is 2.67 bits per heavy atom. The molecule has 0 saturated heterocycles. The van der Waals surface area contributed by atoms with Crippen LogP contribution in [0.1, 0.15) is 5.01 Å². The van der Waals surface area contributed by atoms with Crippen LogP contribution >= 0.6 is 11.3 Å². The van der Waals surface area contributed by atoms with Gasteiger partial charge in [-0.25, -0.2) is 9.98 Å². The molecule has 4 heteroatoms. The minimum atomic E-state index is 0.176. The van der Waals surface area contributed by atoms with E-state index in [1.54, 1.807) is 35.8 Å². The SMILES string of the molecule is Oc1ccccc1N=Cc1nc2ccccc2s1. The van der Waals surface area contributed by atoms with Gasteiger partial charge in [-0.3, -0.25) is 0 Å². The number of rotatable bonds is 2. The van der Waals surface area contributed by atoms with Crippen LogP contribution in [0.5, 0.6) is 5.75 Å². The van der Waals surface area contributed by atoms with Crippen molar-refractivity contribution in [2.24, 2.45) is 4.99 Å². The van der Waals surface area contributed by atoms with Crippen molar-refractivity contribution in [3.8, 4) is 5.75 Å². The van der Waals surface area contributed by atoms with Gasteiger partial charge in [0.2, 0.25) is 0 Å². The number of hydrogen-bond donors (Lipinski definition) is 1. The van der Waals surface area contributed by atoms with Crippen molar-refractivity contribution in [2.45, 2.75) is 0 Å². The van der Waals surface area contributed by atoms with Gasteiger partial charge in [0, 0.05) is 0 Å². The lowest BCUT2D eigenvalue weighted by Crippen LogP contribution is -1.77. The number of thiazole rings is 1. The van der Waals surface area contributed by atoms with Crippen LogP contribution in [-0.2, 0) is 0 Å². The van der Waals surface area contributed by atoms with Gasteiger partial charge in [-0.1, -0.05) is 24.3 Å². The Balaban J connectivity index is 1.95. The predicted octanol–water partition coefficient (Wildman–Crippen LogP) is 3.75. The zero-order valence-corrected chi connectivity index (χ0v) is 10.3. The monoisotopic (exact) mass is 254 g/mol. The van der Waals surface area contributed by atoms with Gasteiger partial charge in [-0.05, 0) is 24.3 Å². The van der Waals surface area contributed by atoms with Crippen LogP contribution < -0.4 is 0 Å². The van der Waals surface area contributed by atoms with Crippen LogP contribution in [0, 0.1) is 0 Å². The highest BCUT2D eigenvalue weighted by molar-refractivity contribution is 7.20. The maximum Gasteiger partial charge on any atom is 0.141 e. The molecule has 88 valence electrons. The van der Waals surface area contributed by atoms with Crippen molar-refractivity contribution in [3.63, 3.8) is 0 Å². The van der Waals surface area contributed by atoms with Gasteiger partial charge in [-0.15, -0.1) is 11.3 Å². The summed E-state index contributed by atoms with van der Waals surface area (Å²) in [7, 11) is 0. The molecule has 3 aromatic rings. The molecule has 1 aromatic heterocycles. The number of phenolic OH excluding ortho intramolecular Hbond substituents is 1. The largest absolute Gasteiger partial charge is 0.506 e. The summed E-state index contributed by atoms with van der Waals surface area (Å²) < 4.78 is 1.14. The average Bonchev–Trinajstić information content (AvgIpc) is 2.80. The molecule has 1 N–H and O–H groups in total. The molecule has 3 nitrogen and oxygen atoms in total. The molecule has 0 bridgehead atoms. The number of aliphatic imine (C=N–C) groups is 1. The molecule has 3 rings (SSSR count). The quantitative estimate of drug-likeness (QED) is 0.708. The zero-order chi connectivity index (χ0) is 12.4. The molecule has 0 spiro atoms. The van der Waals surface area contributed by atoms with Crippen LogP contribution in [0.2, 0.25) is 0 Å². The van der Waals surface area contributed by atoms with Crippen molar-refractivity contribution < 1.29 is 5.11 Å². The van der Waals surface area contributed by atoms with E-state index in [1.165, 1.54) is 0 Å². The Morgan fingerprint density at radius 2 is 1.83 bits per heavy atom. The molecule has 18 heavy (non-hydrogen) atoms. The third kappa shape index (κ3) is 2.10. The van der Waals surface area contributed by atoms with E-state index >= 15 is 0 Å². The number of benzene rings is 2. The van der Waals surface area contributed by atoms with E-state index < -0.39 is 0 Å².